The van der Waals surface area contributed by atoms with Crippen LogP contribution in [0.5, 0.6) is 0 Å². The van der Waals surface area contributed by atoms with Gasteiger partial charge in [-0.05, 0) is 54.5 Å². The van der Waals surface area contributed by atoms with E-state index >= 15 is 0 Å². The van der Waals surface area contributed by atoms with Gasteiger partial charge in [0.15, 0.2) is 0 Å². The third kappa shape index (κ3) is 3.19. The Labute approximate surface area is 123 Å². The van der Waals surface area contributed by atoms with Crippen molar-refractivity contribution in [3.63, 3.8) is 0 Å². The second-order valence-corrected chi connectivity index (χ2v) is 7.98. The molecule has 0 radical (unpaired) electrons. The van der Waals surface area contributed by atoms with Crippen LogP contribution in [-0.4, -0.2) is 59.5 Å². The zero-order valence-corrected chi connectivity index (χ0v) is 14.0. The van der Waals surface area contributed by atoms with Crippen molar-refractivity contribution in [2.75, 3.05) is 26.7 Å². The molecule has 0 spiro atoms. The minimum absolute atomic E-state index is 0.114. The van der Waals surface area contributed by atoms with Gasteiger partial charge in [0.25, 0.3) is 0 Å². The molecule has 0 aromatic rings. The Bertz CT molecular complexity index is 342. The number of hydrogen-bond donors (Lipinski definition) is 2. The average molecular weight is 284 g/mol. The van der Waals surface area contributed by atoms with Crippen LogP contribution in [0, 0.1) is 5.92 Å². The van der Waals surface area contributed by atoms with E-state index in [1.165, 1.54) is 0 Å². The number of rotatable bonds is 3. The molecular formula is C16H32N2O2. The molecule has 2 aliphatic heterocycles. The van der Waals surface area contributed by atoms with Crippen LogP contribution < -0.4 is 5.32 Å². The van der Waals surface area contributed by atoms with E-state index in [1.54, 1.807) is 0 Å². The number of hydrogen-bond acceptors (Lipinski definition) is 4. The largest absolute Gasteiger partial charge is 0.390 e. The lowest BCUT2D eigenvalue weighted by molar-refractivity contribution is -0.0812. The van der Waals surface area contributed by atoms with E-state index in [-0.39, 0.29) is 11.2 Å². The van der Waals surface area contributed by atoms with Crippen molar-refractivity contribution < 1.29 is 9.84 Å². The van der Waals surface area contributed by atoms with Crippen LogP contribution in [-0.2, 0) is 4.74 Å². The fourth-order valence-electron chi connectivity index (χ4n) is 4.07. The van der Waals surface area contributed by atoms with Crippen molar-refractivity contribution in [2.45, 2.75) is 70.3 Å². The first-order valence-corrected chi connectivity index (χ1v) is 7.90. The average Bonchev–Trinajstić information content (AvgIpc) is 2.46. The molecule has 2 unspecified atom stereocenters. The van der Waals surface area contributed by atoms with E-state index in [0.29, 0.717) is 12.0 Å². The summed E-state index contributed by atoms with van der Waals surface area (Å²) in [5.74, 6) is 0.463. The van der Waals surface area contributed by atoms with Crippen LogP contribution >= 0.6 is 0 Å². The Morgan fingerprint density at radius 3 is 2.15 bits per heavy atom. The van der Waals surface area contributed by atoms with E-state index in [9.17, 15) is 5.11 Å². The normalized spacial score (nSPS) is 36.1. The topological polar surface area (TPSA) is 44.7 Å². The van der Waals surface area contributed by atoms with E-state index in [2.05, 4.69) is 37.9 Å². The molecule has 2 N–H and O–H groups in total. The minimum atomic E-state index is -0.472. The summed E-state index contributed by atoms with van der Waals surface area (Å²) in [6, 6.07) is 0.361. The Morgan fingerprint density at radius 1 is 1.10 bits per heavy atom. The van der Waals surface area contributed by atoms with Gasteiger partial charge in [-0.1, -0.05) is 0 Å². The maximum absolute atomic E-state index is 10.1. The lowest BCUT2D eigenvalue weighted by Gasteiger charge is -2.40. The van der Waals surface area contributed by atoms with Crippen molar-refractivity contribution in [1.29, 1.82) is 0 Å². The van der Waals surface area contributed by atoms with E-state index in [0.717, 1.165) is 32.5 Å². The van der Waals surface area contributed by atoms with Crippen molar-refractivity contribution in [3.8, 4) is 0 Å². The predicted octanol–water partition coefficient (Wildman–Crippen LogP) is 1.62. The van der Waals surface area contributed by atoms with Gasteiger partial charge >= 0.3 is 0 Å². The van der Waals surface area contributed by atoms with Gasteiger partial charge in [-0.3, -0.25) is 0 Å². The first-order valence-electron chi connectivity index (χ1n) is 7.90. The zero-order valence-electron chi connectivity index (χ0n) is 14.0. The third-order valence-corrected chi connectivity index (χ3v) is 5.27. The Hall–Kier alpha value is -0.160. The molecule has 0 amide bonds. The molecule has 0 aromatic heterocycles. The standard InChI is InChI=1S/C16H32N2O2/c1-14(2)12(13(17-6)15(3,4)20-14)11-18-9-7-16(5,19)8-10-18/h12-13,17,19H,7-11H2,1-6H3. The molecule has 0 aromatic carbocycles. The molecule has 2 heterocycles. The third-order valence-electron chi connectivity index (χ3n) is 5.27. The summed E-state index contributed by atoms with van der Waals surface area (Å²) < 4.78 is 6.30. The molecule has 118 valence electrons. The molecular weight excluding hydrogens is 252 g/mol. The van der Waals surface area contributed by atoms with Gasteiger partial charge in [0, 0.05) is 31.6 Å². The molecule has 2 aliphatic rings. The highest BCUT2D eigenvalue weighted by Gasteiger charge is 2.53. The van der Waals surface area contributed by atoms with Crippen LogP contribution in [0.3, 0.4) is 0 Å². The highest BCUT2D eigenvalue weighted by molar-refractivity contribution is 5.06. The minimum Gasteiger partial charge on any atom is -0.390 e. The Kier molecular flexibility index (Phi) is 4.25. The highest BCUT2D eigenvalue weighted by Crippen LogP contribution is 2.42. The monoisotopic (exact) mass is 284 g/mol. The quantitative estimate of drug-likeness (QED) is 0.827. The molecule has 2 saturated heterocycles. The molecule has 4 heteroatoms. The van der Waals surface area contributed by atoms with Crippen molar-refractivity contribution in [1.82, 2.24) is 10.2 Å². The lowest BCUT2D eigenvalue weighted by Crippen LogP contribution is -2.52. The zero-order chi connectivity index (χ0) is 15.2. The van der Waals surface area contributed by atoms with Gasteiger partial charge in [0.2, 0.25) is 0 Å². The molecule has 4 nitrogen and oxygen atoms in total. The summed E-state index contributed by atoms with van der Waals surface area (Å²) in [5.41, 5.74) is -0.721. The molecule has 2 atom stereocenters. The van der Waals surface area contributed by atoms with Crippen LogP contribution in [0.25, 0.3) is 0 Å². The summed E-state index contributed by atoms with van der Waals surface area (Å²) in [4.78, 5) is 2.49. The van der Waals surface area contributed by atoms with Gasteiger partial charge in [0.05, 0.1) is 16.8 Å². The van der Waals surface area contributed by atoms with Crippen LogP contribution in [0.1, 0.15) is 47.5 Å². The second-order valence-electron chi connectivity index (χ2n) is 7.98. The SMILES string of the molecule is CNC1C(CN2CCC(C)(O)CC2)C(C)(C)OC1(C)C. The van der Waals surface area contributed by atoms with E-state index < -0.39 is 5.60 Å². The van der Waals surface area contributed by atoms with E-state index in [1.807, 2.05) is 14.0 Å². The van der Waals surface area contributed by atoms with Crippen molar-refractivity contribution in [3.05, 3.63) is 0 Å². The fourth-order valence-corrected chi connectivity index (χ4v) is 4.07. The number of nitrogens with one attached hydrogen (secondary N) is 1. The summed E-state index contributed by atoms with van der Waals surface area (Å²) in [7, 11) is 2.03. The Morgan fingerprint density at radius 2 is 1.65 bits per heavy atom. The molecule has 0 aliphatic carbocycles. The van der Waals surface area contributed by atoms with Gasteiger partial charge in [0.1, 0.15) is 0 Å². The first-order chi connectivity index (χ1) is 9.07. The number of likely N-dealkylation sites (tertiary alicyclic amines) is 1. The summed E-state index contributed by atoms with van der Waals surface area (Å²) in [6.45, 7) is 13.7. The molecule has 0 bridgehead atoms. The second kappa shape index (κ2) is 5.24. The molecule has 2 rings (SSSR count). The van der Waals surface area contributed by atoms with Gasteiger partial charge in [-0.15, -0.1) is 0 Å². The number of aliphatic hydroxyl groups is 1. The van der Waals surface area contributed by atoms with Crippen LogP contribution in [0.15, 0.2) is 0 Å². The number of likely N-dealkylation sites (N-methyl/N-ethyl adjacent to an activating group) is 1. The molecule has 0 saturated carbocycles. The smallest absolute Gasteiger partial charge is 0.0790 e. The van der Waals surface area contributed by atoms with E-state index in [4.69, 9.17) is 4.74 Å². The number of ether oxygens (including phenoxy) is 1. The number of piperidine rings is 1. The van der Waals surface area contributed by atoms with Crippen LogP contribution in [0.2, 0.25) is 0 Å². The van der Waals surface area contributed by atoms with Crippen molar-refractivity contribution in [2.24, 2.45) is 5.92 Å². The highest BCUT2D eigenvalue weighted by atomic mass is 16.5. The summed E-state index contributed by atoms with van der Waals surface area (Å²) in [5, 5.41) is 13.5. The summed E-state index contributed by atoms with van der Waals surface area (Å²) in [6.07, 6.45) is 1.74. The Balaban J connectivity index is 2.04. The maximum atomic E-state index is 10.1. The maximum Gasteiger partial charge on any atom is 0.0790 e. The predicted molar refractivity (Wildman–Crippen MR) is 81.9 cm³/mol. The number of nitrogens with zero attached hydrogens (tertiary/aromatic N) is 1. The fraction of sp³-hybridized carbons (Fsp3) is 1.00. The molecule has 20 heavy (non-hydrogen) atoms. The summed E-state index contributed by atoms with van der Waals surface area (Å²) >= 11 is 0. The lowest BCUT2D eigenvalue weighted by atomic mass is 9.81. The van der Waals surface area contributed by atoms with Crippen molar-refractivity contribution >= 4 is 0 Å². The van der Waals surface area contributed by atoms with Gasteiger partial charge in [-0.2, -0.15) is 0 Å². The van der Waals surface area contributed by atoms with Gasteiger partial charge < -0.3 is 20.1 Å². The van der Waals surface area contributed by atoms with Gasteiger partial charge in [-0.25, -0.2) is 0 Å². The molecule has 2 fully saturated rings. The van der Waals surface area contributed by atoms with Crippen LogP contribution in [0.4, 0.5) is 0 Å². The first kappa shape index (κ1) is 16.2.